The maximum absolute atomic E-state index is 13.3. The fraction of sp³-hybridized carbons (Fsp3) is 0.235. The first-order chi connectivity index (χ1) is 11.3. The minimum absolute atomic E-state index is 0.156. The Labute approximate surface area is 136 Å². The van der Waals surface area contributed by atoms with Crippen LogP contribution in [0.25, 0.3) is 0 Å². The van der Waals surface area contributed by atoms with Crippen LogP contribution in [0.3, 0.4) is 0 Å². The lowest BCUT2D eigenvalue weighted by Gasteiger charge is -2.23. The molecule has 2 rings (SSSR count). The molecule has 2 unspecified atom stereocenters. The van der Waals surface area contributed by atoms with Crippen LogP contribution in [0.1, 0.15) is 23.3 Å². The van der Waals surface area contributed by atoms with Crippen molar-refractivity contribution in [3.8, 4) is 5.75 Å². The molecule has 2 aromatic rings. The zero-order valence-electron chi connectivity index (χ0n) is 12.7. The van der Waals surface area contributed by atoms with Gasteiger partial charge >= 0.3 is 6.18 Å². The van der Waals surface area contributed by atoms with Gasteiger partial charge in [0.1, 0.15) is 5.75 Å². The van der Waals surface area contributed by atoms with E-state index >= 15 is 0 Å². The predicted octanol–water partition coefficient (Wildman–Crippen LogP) is 3.15. The molecule has 0 aromatic heterocycles. The van der Waals surface area contributed by atoms with Crippen LogP contribution in [-0.4, -0.2) is 24.3 Å². The van der Waals surface area contributed by atoms with Crippen molar-refractivity contribution >= 4 is 5.91 Å². The van der Waals surface area contributed by atoms with Crippen LogP contribution in [-0.2, 0) is 4.79 Å². The van der Waals surface area contributed by atoms with Crippen LogP contribution in [0.2, 0.25) is 0 Å². The molecule has 2 aromatic carbocycles. The van der Waals surface area contributed by atoms with Crippen LogP contribution >= 0.6 is 0 Å². The van der Waals surface area contributed by atoms with E-state index in [1.807, 2.05) is 5.32 Å². The average molecular weight is 339 g/mol. The van der Waals surface area contributed by atoms with Gasteiger partial charge in [-0.3, -0.25) is 4.79 Å². The molecule has 4 nitrogen and oxygen atoms in total. The minimum atomic E-state index is -4.71. The van der Waals surface area contributed by atoms with Crippen LogP contribution in [0.5, 0.6) is 5.75 Å². The summed E-state index contributed by atoms with van der Waals surface area (Å²) in [5.41, 5.74) is 0.0579. The van der Waals surface area contributed by atoms with E-state index in [2.05, 4.69) is 0 Å². The third-order valence-corrected chi connectivity index (χ3v) is 3.43. The summed E-state index contributed by atoms with van der Waals surface area (Å²) < 4.78 is 44.8. The largest absolute Gasteiger partial charge is 0.497 e. The highest BCUT2D eigenvalue weighted by Crippen LogP contribution is 2.34. The number of nitrogens with one attached hydrogen (secondary N) is 1. The lowest BCUT2D eigenvalue weighted by molar-refractivity contribution is -0.166. The summed E-state index contributed by atoms with van der Waals surface area (Å²) in [6.45, 7) is 0. The molecule has 2 N–H and O–H groups in total. The summed E-state index contributed by atoms with van der Waals surface area (Å²) in [6, 6.07) is 10.7. The fourth-order valence-corrected chi connectivity index (χ4v) is 2.16. The third kappa shape index (κ3) is 4.26. The quantitative estimate of drug-likeness (QED) is 0.880. The zero-order chi connectivity index (χ0) is 17.7. The van der Waals surface area contributed by atoms with Crippen LogP contribution < -0.4 is 10.1 Å². The van der Waals surface area contributed by atoms with Gasteiger partial charge in [-0.05, 0) is 23.3 Å². The van der Waals surface area contributed by atoms with E-state index in [9.17, 15) is 23.1 Å². The number of rotatable bonds is 5. The second kappa shape index (κ2) is 7.35. The highest BCUT2D eigenvalue weighted by Gasteiger charge is 2.42. The molecular formula is C17H16F3NO3. The van der Waals surface area contributed by atoms with Crippen molar-refractivity contribution in [3.05, 3.63) is 65.7 Å². The normalized spacial score (nSPS) is 13.9. The average Bonchev–Trinajstić information content (AvgIpc) is 2.58. The molecule has 0 heterocycles. The van der Waals surface area contributed by atoms with Crippen molar-refractivity contribution in [1.29, 1.82) is 0 Å². The first-order valence-electron chi connectivity index (χ1n) is 7.07. The Morgan fingerprint density at radius 3 is 2.12 bits per heavy atom. The number of hydrogen-bond donors (Lipinski definition) is 2. The van der Waals surface area contributed by atoms with Gasteiger partial charge in [-0.15, -0.1) is 0 Å². The minimum Gasteiger partial charge on any atom is -0.497 e. The Kier molecular flexibility index (Phi) is 5.46. The number of carbonyl (C=O) groups excluding carboxylic acids is 1. The second-order valence-electron chi connectivity index (χ2n) is 5.07. The van der Waals surface area contributed by atoms with E-state index in [0.717, 1.165) is 0 Å². The van der Waals surface area contributed by atoms with Crippen molar-refractivity contribution in [1.82, 2.24) is 5.32 Å². The maximum atomic E-state index is 13.3. The molecule has 0 saturated heterocycles. The number of methoxy groups -OCH3 is 1. The SMILES string of the molecule is COc1ccc(C(NC(=O)C(O)c2ccccc2)C(F)(F)F)cc1. The Balaban J connectivity index is 2.21. The Bertz CT molecular complexity index is 672. The number of alkyl halides is 3. The molecule has 0 aliphatic heterocycles. The lowest BCUT2D eigenvalue weighted by atomic mass is 10.0. The molecule has 24 heavy (non-hydrogen) atoms. The molecule has 0 spiro atoms. The third-order valence-electron chi connectivity index (χ3n) is 3.43. The van der Waals surface area contributed by atoms with Gasteiger partial charge in [0.05, 0.1) is 7.11 Å². The number of ether oxygens (including phenoxy) is 1. The van der Waals surface area contributed by atoms with Crippen molar-refractivity contribution < 1.29 is 27.8 Å². The molecule has 0 saturated carbocycles. The molecule has 128 valence electrons. The topological polar surface area (TPSA) is 58.6 Å². The van der Waals surface area contributed by atoms with E-state index in [1.165, 1.54) is 43.5 Å². The van der Waals surface area contributed by atoms with E-state index in [0.29, 0.717) is 5.75 Å². The fourth-order valence-electron chi connectivity index (χ4n) is 2.16. The van der Waals surface area contributed by atoms with Gasteiger partial charge in [-0.2, -0.15) is 13.2 Å². The summed E-state index contributed by atoms with van der Waals surface area (Å²) in [5.74, 6) is -0.727. The number of aliphatic hydroxyl groups excluding tert-OH is 1. The number of benzene rings is 2. The summed E-state index contributed by atoms with van der Waals surface area (Å²) >= 11 is 0. The van der Waals surface area contributed by atoms with Gasteiger partial charge in [0.25, 0.3) is 5.91 Å². The number of halogens is 3. The molecule has 0 aliphatic carbocycles. The number of amides is 1. The first kappa shape index (κ1) is 17.8. The van der Waals surface area contributed by atoms with Crippen molar-refractivity contribution in [3.63, 3.8) is 0 Å². The number of hydrogen-bond acceptors (Lipinski definition) is 3. The summed E-state index contributed by atoms with van der Waals surface area (Å²) in [7, 11) is 1.40. The van der Waals surface area contributed by atoms with Gasteiger partial charge in [-0.25, -0.2) is 0 Å². The van der Waals surface area contributed by atoms with E-state index in [4.69, 9.17) is 4.74 Å². The molecular weight excluding hydrogens is 323 g/mol. The standard InChI is InChI=1S/C17H16F3NO3/c1-24-13-9-7-12(8-10-13)15(17(18,19)20)21-16(23)14(22)11-5-3-2-4-6-11/h2-10,14-15,22H,1H3,(H,21,23). The molecule has 0 fully saturated rings. The highest BCUT2D eigenvalue weighted by atomic mass is 19.4. The van der Waals surface area contributed by atoms with Crippen molar-refractivity contribution in [2.45, 2.75) is 18.3 Å². The summed E-state index contributed by atoms with van der Waals surface area (Å²) in [5, 5.41) is 11.8. The summed E-state index contributed by atoms with van der Waals surface area (Å²) in [6.07, 6.45) is -6.39. The molecule has 2 atom stereocenters. The van der Waals surface area contributed by atoms with Gasteiger partial charge in [0, 0.05) is 0 Å². The lowest BCUT2D eigenvalue weighted by Crippen LogP contribution is -2.40. The van der Waals surface area contributed by atoms with Crippen LogP contribution in [0, 0.1) is 0 Å². The smallest absolute Gasteiger partial charge is 0.412 e. The zero-order valence-corrected chi connectivity index (χ0v) is 12.7. The first-order valence-corrected chi connectivity index (χ1v) is 7.07. The molecule has 1 amide bonds. The van der Waals surface area contributed by atoms with E-state index in [-0.39, 0.29) is 11.1 Å². The van der Waals surface area contributed by atoms with Crippen LogP contribution in [0.4, 0.5) is 13.2 Å². The predicted molar refractivity (Wildman–Crippen MR) is 81.3 cm³/mol. The monoisotopic (exact) mass is 339 g/mol. The van der Waals surface area contributed by atoms with Gasteiger partial charge < -0.3 is 15.2 Å². The van der Waals surface area contributed by atoms with E-state index in [1.54, 1.807) is 18.2 Å². The van der Waals surface area contributed by atoms with Crippen molar-refractivity contribution in [2.24, 2.45) is 0 Å². The Morgan fingerprint density at radius 2 is 1.62 bits per heavy atom. The van der Waals surface area contributed by atoms with Gasteiger partial charge in [0.2, 0.25) is 0 Å². The van der Waals surface area contributed by atoms with E-state index < -0.39 is 24.2 Å². The van der Waals surface area contributed by atoms with Crippen molar-refractivity contribution in [2.75, 3.05) is 7.11 Å². The molecule has 7 heteroatoms. The molecule has 0 aliphatic rings. The van der Waals surface area contributed by atoms with Crippen LogP contribution in [0.15, 0.2) is 54.6 Å². The summed E-state index contributed by atoms with van der Waals surface area (Å²) in [4.78, 5) is 12.0. The van der Waals surface area contributed by atoms with Gasteiger partial charge in [-0.1, -0.05) is 42.5 Å². The maximum Gasteiger partial charge on any atom is 0.412 e. The second-order valence-corrected chi connectivity index (χ2v) is 5.07. The Morgan fingerprint density at radius 1 is 1.04 bits per heavy atom. The number of aliphatic hydroxyl groups is 1. The highest BCUT2D eigenvalue weighted by molar-refractivity contribution is 5.82. The number of carbonyl (C=O) groups is 1. The Hall–Kier alpha value is -2.54. The molecule has 0 radical (unpaired) electrons. The molecule has 0 bridgehead atoms. The van der Waals surface area contributed by atoms with Gasteiger partial charge in [0.15, 0.2) is 12.1 Å².